The van der Waals surface area contributed by atoms with E-state index in [2.05, 4.69) is 0 Å². The van der Waals surface area contributed by atoms with Crippen molar-refractivity contribution in [2.24, 2.45) is 0 Å². The lowest BCUT2D eigenvalue weighted by atomic mass is 9.95. The maximum atomic E-state index is 13.2. The summed E-state index contributed by atoms with van der Waals surface area (Å²) in [5, 5.41) is 11.2. The lowest BCUT2D eigenvalue weighted by molar-refractivity contribution is -0.132. The number of nitrogens with zero attached hydrogens (tertiary/aromatic N) is 1. The molecule has 1 unspecified atom stereocenters. The maximum absolute atomic E-state index is 13.2. The molecular formula is C27H25NO4. The molecule has 0 aliphatic carbocycles. The number of rotatable bonds is 5. The van der Waals surface area contributed by atoms with Gasteiger partial charge in [-0.15, -0.1) is 0 Å². The second-order valence-electron chi connectivity index (χ2n) is 8.11. The number of aliphatic hydroxyl groups excluding tert-OH is 1. The molecule has 32 heavy (non-hydrogen) atoms. The minimum Gasteiger partial charge on any atom is -0.507 e. The Hall–Kier alpha value is -3.86. The Morgan fingerprint density at radius 1 is 0.938 bits per heavy atom. The summed E-state index contributed by atoms with van der Waals surface area (Å²) in [6, 6.07) is 22.9. The predicted molar refractivity (Wildman–Crippen MR) is 125 cm³/mol. The fourth-order valence-electron chi connectivity index (χ4n) is 3.97. The van der Waals surface area contributed by atoms with Crippen molar-refractivity contribution in [3.8, 4) is 5.75 Å². The zero-order valence-electron chi connectivity index (χ0n) is 18.3. The van der Waals surface area contributed by atoms with Gasteiger partial charge in [-0.3, -0.25) is 14.5 Å². The van der Waals surface area contributed by atoms with E-state index in [1.807, 2.05) is 69.3 Å². The summed E-state index contributed by atoms with van der Waals surface area (Å²) in [7, 11) is 0. The number of hydrogen-bond donors (Lipinski definition) is 1. The molecule has 3 aromatic carbocycles. The summed E-state index contributed by atoms with van der Waals surface area (Å²) < 4.78 is 5.73. The van der Waals surface area contributed by atoms with Gasteiger partial charge in [-0.1, -0.05) is 54.6 Å². The smallest absolute Gasteiger partial charge is 0.300 e. The van der Waals surface area contributed by atoms with Crippen LogP contribution in [0.1, 0.15) is 36.6 Å². The number of ketones is 1. The van der Waals surface area contributed by atoms with Gasteiger partial charge in [0.25, 0.3) is 11.7 Å². The van der Waals surface area contributed by atoms with Crippen LogP contribution in [-0.2, 0) is 9.59 Å². The number of hydrogen-bond acceptors (Lipinski definition) is 4. The van der Waals surface area contributed by atoms with Gasteiger partial charge in [0, 0.05) is 11.3 Å². The Labute approximate surface area is 187 Å². The third kappa shape index (κ3) is 4.02. The van der Waals surface area contributed by atoms with Gasteiger partial charge < -0.3 is 9.84 Å². The van der Waals surface area contributed by atoms with Crippen LogP contribution in [0, 0.1) is 6.92 Å². The van der Waals surface area contributed by atoms with E-state index in [-0.39, 0.29) is 17.4 Å². The highest BCUT2D eigenvalue weighted by Gasteiger charge is 2.46. The molecule has 0 saturated carbocycles. The number of anilines is 1. The summed E-state index contributed by atoms with van der Waals surface area (Å²) in [6.45, 7) is 5.75. The molecule has 1 N–H and O–H groups in total. The van der Waals surface area contributed by atoms with Crippen LogP contribution in [0.25, 0.3) is 5.76 Å². The molecule has 0 spiro atoms. The Morgan fingerprint density at radius 2 is 1.66 bits per heavy atom. The van der Waals surface area contributed by atoms with Crippen molar-refractivity contribution in [1.82, 2.24) is 0 Å². The largest absolute Gasteiger partial charge is 0.507 e. The minimum atomic E-state index is -0.743. The van der Waals surface area contributed by atoms with Crippen LogP contribution in [0.5, 0.6) is 5.75 Å². The molecule has 0 radical (unpaired) electrons. The predicted octanol–water partition coefficient (Wildman–Crippen LogP) is 5.41. The average molecular weight is 428 g/mol. The highest BCUT2D eigenvalue weighted by atomic mass is 16.5. The number of carbonyl (C=O) groups is 2. The van der Waals surface area contributed by atoms with Crippen LogP contribution in [0.4, 0.5) is 5.69 Å². The minimum absolute atomic E-state index is 0.0383. The third-order valence-electron chi connectivity index (χ3n) is 5.32. The zero-order chi connectivity index (χ0) is 22.8. The summed E-state index contributed by atoms with van der Waals surface area (Å²) in [5.41, 5.74) is 2.80. The van der Waals surface area contributed by atoms with Crippen molar-refractivity contribution >= 4 is 23.1 Å². The number of aliphatic hydroxyl groups is 1. The fourth-order valence-corrected chi connectivity index (χ4v) is 3.97. The molecule has 1 fully saturated rings. The molecule has 1 aliphatic rings. The van der Waals surface area contributed by atoms with Gasteiger partial charge in [-0.2, -0.15) is 0 Å². The van der Waals surface area contributed by atoms with Gasteiger partial charge in [0.2, 0.25) is 0 Å². The van der Waals surface area contributed by atoms with E-state index in [0.29, 0.717) is 17.0 Å². The molecule has 1 atom stereocenters. The van der Waals surface area contributed by atoms with Crippen molar-refractivity contribution in [1.29, 1.82) is 0 Å². The fraction of sp³-hybridized carbons (Fsp3) is 0.185. The Balaban J connectivity index is 1.90. The molecule has 5 nitrogen and oxygen atoms in total. The molecule has 5 heteroatoms. The molecule has 1 aliphatic heterocycles. The van der Waals surface area contributed by atoms with E-state index in [1.165, 1.54) is 4.90 Å². The Kier molecular flexibility index (Phi) is 5.82. The second-order valence-corrected chi connectivity index (χ2v) is 8.11. The lowest BCUT2D eigenvalue weighted by Gasteiger charge is -2.25. The van der Waals surface area contributed by atoms with E-state index in [9.17, 15) is 14.7 Å². The summed E-state index contributed by atoms with van der Waals surface area (Å²) >= 11 is 0. The molecule has 162 valence electrons. The number of carbonyl (C=O) groups excluding carboxylic acids is 2. The molecule has 1 heterocycles. The van der Waals surface area contributed by atoms with E-state index in [4.69, 9.17) is 4.74 Å². The summed E-state index contributed by atoms with van der Waals surface area (Å²) in [4.78, 5) is 27.8. The van der Waals surface area contributed by atoms with Crippen molar-refractivity contribution in [3.63, 3.8) is 0 Å². The van der Waals surface area contributed by atoms with E-state index < -0.39 is 17.7 Å². The average Bonchev–Trinajstić information content (AvgIpc) is 3.04. The number of aryl methyl sites for hydroxylation is 1. The molecule has 0 aromatic heterocycles. The third-order valence-corrected chi connectivity index (χ3v) is 5.32. The quantitative estimate of drug-likeness (QED) is 0.336. The standard InChI is InChI=1S/C27H25NO4/c1-17(2)32-22-14-8-12-20(16-22)25(29)23-24(19-10-5-4-6-11-19)28(27(31)26(23)30)21-13-7-9-18(3)15-21/h4-17,24,29H,1-3H3/b25-23+. The van der Waals surface area contributed by atoms with Crippen LogP contribution in [-0.4, -0.2) is 22.9 Å². The van der Waals surface area contributed by atoms with E-state index in [0.717, 1.165) is 11.1 Å². The molecular weight excluding hydrogens is 402 g/mol. The SMILES string of the molecule is Cc1cccc(N2C(=O)C(=O)/C(=C(/O)c3cccc(OC(C)C)c3)C2c2ccccc2)c1. The van der Waals surface area contributed by atoms with E-state index >= 15 is 0 Å². The topological polar surface area (TPSA) is 66.8 Å². The highest BCUT2D eigenvalue weighted by Crippen LogP contribution is 2.42. The number of ether oxygens (including phenoxy) is 1. The monoisotopic (exact) mass is 427 g/mol. The van der Waals surface area contributed by atoms with Crippen LogP contribution >= 0.6 is 0 Å². The highest BCUT2D eigenvalue weighted by molar-refractivity contribution is 6.51. The summed E-state index contributed by atoms with van der Waals surface area (Å²) in [6.07, 6.45) is -0.0383. The van der Waals surface area contributed by atoms with E-state index in [1.54, 1.807) is 30.3 Å². The molecule has 0 bridgehead atoms. The van der Waals surface area contributed by atoms with Gasteiger partial charge in [0.1, 0.15) is 11.5 Å². The molecule has 1 amide bonds. The summed E-state index contributed by atoms with van der Waals surface area (Å²) in [5.74, 6) is -1.02. The van der Waals surface area contributed by atoms with Gasteiger partial charge in [-0.25, -0.2) is 0 Å². The first-order valence-electron chi connectivity index (χ1n) is 10.6. The van der Waals surface area contributed by atoms with Gasteiger partial charge in [-0.05, 0) is 56.2 Å². The van der Waals surface area contributed by atoms with Crippen molar-refractivity contribution in [2.75, 3.05) is 4.90 Å². The first-order valence-corrected chi connectivity index (χ1v) is 10.6. The van der Waals surface area contributed by atoms with Crippen molar-refractivity contribution in [2.45, 2.75) is 32.9 Å². The molecule has 1 saturated heterocycles. The lowest BCUT2D eigenvalue weighted by Crippen LogP contribution is -2.29. The Bertz CT molecular complexity index is 1200. The zero-order valence-corrected chi connectivity index (χ0v) is 18.3. The van der Waals surface area contributed by atoms with Crippen LogP contribution in [0.15, 0.2) is 84.4 Å². The van der Waals surface area contributed by atoms with Gasteiger partial charge >= 0.3 is 0 Å². The Morgan fingerprint density at radius 3 is 2.34 bits per heavy atom. The van der Waals surface area contributed by atoms with Crippen LogP contribution in [0.3, 0.4) is 0 Å². The van der Waals surface area contributed by atoms with Gasteiger partial charge in [0.15, 0.2) is 0 Å². The van der Waals surface area contributed by atoms with Crippen LogP contribution < -0.4 is 9.64 Å². The first kappa shape index (κ1) is 21.4. The maximum Gasteiger partial charge on any atom is 0.300 e. The molecule has 4 rings (SSSR count). The normalized spacial score (nSPS) is 17.8. The van der Waals surface area contributed by atoms with Crippen molar-refractivity contribution in [3.05, 3.63) is 101 Å². The van der Waals surface area contributed by atoms with Crippen LogP contribution in [0.2, 0.25) is 0 Å². The van der Waals surface area contributed by atoms with Gasteiger partial charge in [0.05, 0.1) is 17.7 Å². The second kappa shape index (κ2) is 8.71. The molecule has 3 aromatic rings. The number of benzene rings is 3. The first-order chi connectivity index (χ1) is 15.4. The number of Topliss-reactive ketones (excluding diaryl/α,β-unsaturated/α-hetero) is 1. The van der Waals surface area contributed by atoms with Crippen molar-refractivity contribution < 1.29 is 19.4 Å². The number of amides is 1.